The monoisotopic (exact) mass is 281 g/mol. The van der Waals surface area contributed by atoms with E-state index >= 15 is 0 Å². The molecule has 0 heterocycles. The van der Waals surface area contributed by atoms with Gasteiger partial charge in [-0.1, -0.05) is 23.7 Å². The maximum absolute atomic E-state index is 12.6. The molecule has 0 spiro atoms. The highest BCUT2D eigenvalue weighted by Crippen LogP contribution is 2.38. The molecular formula is C11H11ClF3NO2. The van der Waals surface area contributed by atoms with Crippen LogP contribution in [0.2, 0.25) is 5.02 Å². The van der Waals surface area contributed by atoms with Crippen molar-refractivity contribution in [1.29, 1.82) is 0 Å². The van der Waals surface area contributed by atoms with Crippen molar-refractivity contribution >= 4 is 17.6 Å². The van der Waals surface area contributed by atoms with Crippen LogP contribution in [-0.4, -0.2) is 13.1 Å². The standard InChI is InChI=1S/C11H11ClF3NO2/c1-18-9(17)5-8(16)6-3-2-4-7(10(6)12)11(13,14)15/h2-4,8H,5,16H2,1H3/t8-/m1/s1. The van der Waals surface area contributed by atoms with Gasteiger partial charge >= 0.3 is 12.1 Å². The van der Waals surface area contributed by atoms with Crippen molar-refractivity contribution in [3.05, 3.63) is 34.3 Å². The largest absolute Gasteiger partial charge is 0.469 e. The maximum atomic E-state index is 12.6. The van der Waals surface area contributed by atoms with Gasteiger partial charge in [0.05, 0.1) is 24.1 Å². The summed E-state index contributed by atoms with van der Waals surface area (Å²) in [6.45, 7) is 0. The molecule has 0 aliphatic rings. The Labute approximate surface area is 107 Å². The number of methoxy groups -OCH3 is 1. The minimum atomic E-state index is -4.56. The molecule has 0 aliphatic carbocycles. The number of nitrogens with two attached hydrogens (primary N) is 1. The number of ether oxygens (including phenoxy) is 1. The van der Waals surface area contributed by atoms with Crippen LogP contribution in [0.4, 0.5) is 13.2 Å². The van der Waals surface area contributed by atoms with Gasteiger partial charge in [0.1, 0.15) is 0 Å². The zero-order valence-electron chi connectivity index (χ0n) is 9.42. The summed E-state index contributed by atoms with van der Waals surface area (Å²) >= 11 is 5.66. The molecule has 7 heteroatoms. The Morgan fingerprint density at radius 1 is 1.50 bits per heavy atom. The molecule has 1 aromatic carbocycles. The first-order valence-corrected chi connectivity index (χ1v) is 5.33. The minimum Gasteiger partial charge on any atom is -0.469 e. The summed E-state index contributed by atoms with van der Waals surface area (Å²) in [4.78, 5) is 11.0. The van der Waals surface area contributed by atoms with Crippen LogP contribution in [0.3, 0.4) is 0 Å². The van der Waals surface area contributed by atoms with Crippen molar-refractivity contribution in [3.63, 3.8) is 0 Å². The third-order valence-corrected chi connectivity index (χ3v) is 2.77. The Balaban J connectivity index is 3.07. The molecular weight excluding hydrogens is 271 g/mol. The number of carbonyl (C=O) groups excluding carboxylic acids is 1. The van der Waals surface area contributed by atoms with Crippen molar-refractivity contribution in [1.82, 2.24) is 0 Å². The van der Waals surface area contributed by atoms with E-state index in [1.807, 2.05) is 0 Å². The Morgan fingerprint density at radius 2 is 2.11 bits per heavy atom. The lowest BCUT2D eigenvalue weighted by molar-refractivity contribution is -0.141. The number of benzene rings is 1. The summed E-state index contributed by atoms with van der Waals surface area (Å²) in [7, 11) is 1.17. The molecule has 18 heavy (non-hydrogen) atoms. The van der Waals surface area contributed by atoms with Gasteiger partial charge in [0, 0.05) is 6.04 Å². The number of esters is 1. The van der Waals surface area contributed by atoms with Gasteiger partial charge in [-0.25, -0.2) is 0 Å². The quantitative estimate of drug-likeness (QED) is 0.867. The van der Waals surface area contributed by atoms with Crippen LogP contribution in [0.15, 0.2) is 18.2 Å². The van der Waals surface area contributed by atoms with Crippen LogP contribution in [0.1, 0.15) is 23.6 Å². The predicted octanol–water partition coefficient (Wildman–Crippen LogP) is 2.92. The van der Waals surface area contributed by atoms with Crippen molar-refractivity contribution < 1.29 is 22.7 Å². The van der Waals surface area contributed by atoms with Crippen molar-refractivity contribution in [3.8, 4) is 0 Å². The van der Waals surface area contributed by atoms with Crippen molar-refractivity contribution in [2.45, 2.75) is 18.6 Å². The molecule has 0 bridgehead atoms. The Morgan fingerprint density at radius 3 is 2.61 bits per heavy atom. The summed E-state index contributed by atoms with van der Waals surface area (Å²) in [5.41, 5.74) is 4.73. The van der Waals surface area contributed by atoms with Gasteiger partial charge in [-0.05, 0) is 11.6 Å². The molecule has 1 aromatic rings. The van der Waals surface area contributed by atoms with E-state index < -0.39 is 28.8 Å². The third-order valence-electron chi connectivity index (χ3n) is 2.35. The number of hydrogen-bond donors (Lipinski definition) is 1. The summed E-state index contributed by atoms with van der Waals surface area (Å²) in [6, 6.07) is 2.47. The van der Waals surface area contributed by atoms with Gasteiger partial charge < -0.3 is 10.5 Å². The first-order valence-electron chi connectivity index (χ1n) is 4.95. The first-order chi connectivity index (χ1) is 8.27. The topological polar surface area (TPSA) is 52.3 Å². The Bertz CT molecular complexity index is 448. The SMILES string of the molecule is COC(=O)C[C@@H](N)c1cccc(C(F)(F)F)c1Cl. The molecule has 0 radical (unpaired) electrons. The zero-order valence-corrected chi connectivity index (χ0v) is 10.2. The molecule has 1 rings (SSSR count). The van der Waals surface area contributed by atoms with E-state index in [1.165, 1.54) is 19.2 Å². The molecule has 0 unspecified atom stereocenters. The third kappa shape index (κ3) is 3.36. The van der Waals surface area contributed by atoms with Crippen molar-refractivity contribution in [2.24, 2.45) is 5.73 Å². The van der Waals surface area contributed by atoms with Gasteiger partial charge in [0.15, 0.2) is 0 Å². The fourth-order valence-electron chi connectivity index (χ4n) is 1.43. The highest BCUT2D eigenvalue weighted by atomic mass is 35.5. The number of rotatable bonds is 3. The van der Waals surface area contributed by atoms with Gasteiger partial charge in [-0.15, -0.1) is 0 Å². The van der Waals surface area contributed by atoms with Crippen LogP contribution in [0.5, 0.6) is 0 Å². The van der Waals surface area contributed by atoms with Crippen LogP contribution in [0.25, 0.3) is 0 Å². The fraction of sp³-hybridized carbons (Fsp3) is 0.364. The van der Waals surface area contributed by atoms with E-state index in [1.54, 1.807) is 0 Å². The Kier molecular flexibility index (Phi) is 4.59. The van der Waals surface area contributed by atoms with Crippen LogP contribution in [-0.2, 0) is 15.7 Å². The van der Waals surface area contributed by atoms with E-state index in [0.717, 1.165) is 6.07 Å². The van der Waals surface area contributed by atoms with E-state index in [4.69, 9.17) is 17.3 Å². The maximum Gasteiger partial charge on any atom is 0.417 e. The predicted molar refractivity (Wildman–Crippen MR) is 60.0 cm³/mol. The van der Waals surface area contributed by atoms with Crippen LogP contribution < -0.4 is 5.73 Å². The molecule has 0 amide bonds. The summed E-state index contributed by atoms with van der Waals surface area (Å²) in [6.07, 6.45) is -4.80. The summed E-state index contributed by atoms with van der Waals surface area (Å²) in [5, 5.41) is -0.485. The molecule has 0 saturated heterocycles. The highest BCUT2D eigenvalue weighted by Gasteiger charge is 2.34. The molecule has 2 N–H and O–H groups in total. The Hall–Kier alpha value is -1.27. The molecule has 1 atom stereocenters. The van der Waals surface area contributed by atoms with Gasteiger partial charge in [0.25, 0.3) is 0 Å². The van der Waals surface area contributed by atoms with E-state index in [0.29, 0.717) is 0 Å². The molecule has 100 valence electrons. The number of hydrogen-bond acceptors (Lipinski definition) is 3. The number of halogens is 4. The second-order valence-corrected chi connectivity index (χ2v) is 3.97. The van der Waals surface area contributed by atoms with Gasteiger partial charge in [-0.2, -0.15) is 13.2 Å². The molecule has 0 aromatic heterocycles. The second kappa shape index (κ2) is 5.58. The average Bonchev–Trinajstić information content (AvgIpc) is 2.27. The van der Waals surface area contributed by atoms with Crippen LogP contribution in [0, 0.1) is 0 Å². The van der Waals surface area contributed by atoms with Crippen LogP contribution >= 0.6 is 11.6 Å². The normalized spacial score (nSPS) is 13.2. The van der Waals surface area contributed by atoms with Gasteiger partial charge in [-0.3, -0.25) is 4.79 Å². The minimum absolute atomic E-state index is 0.0666. The molecule has 0 fully saturated rings. The fourth-order valence-corrected chi connectivity index (χ4v) is 1.80. The van der Waals surface area contributed by atoms with E-state index in [9.17, 15) is 18.0 Å². The first kappa shape index (κ1) is 14.8. The van der Waals surface area contributed by atoms with E-state index in [2.05, 4.69) is 4.74 Å². The van der Waals surface area contributed by atoms with Crippen molar-refractivity contribution in [2.75, 3.05) is 7.11 Å². The molecule has 0 aliphatic heterocycles. The molecule has 0 saturated carbocycles. The zero-order chi connectivity index (χ0) is 13.9. The lowest BCUT2D eigenvalue weighted by atomic mass is 10.0. The molecule has 3 nitrogen and oxygen atoms in total. The smallest absolute Gasteiger partial charge is 0.417 e. The number of carbonyl (C=O) groups is 1. The average molecular weight is 282 g/mol. The van der Waals surface area contributed by atoms with Gasteiger partial charge in [0.2, 0.25) is 0 Å². The lowest BCUT2D eigenvalue weighted by Gasteiger charge is -2.16. The number of alkyl halides is 3. The summed E-state index contributed by atoms with van der Waals surface area (Å²) < 4.78 is 42.2. The summed E-state index contributed by atoms with van der Waals surface area (Å²) in [5.74, 6) is -0.615. The lowest BCUT2D eigenvalue weighted by Crippen LogP contribution is -2.18. The highest BCUT2D eigenvalue weighted by molar-refractivity contribution is 6.32. The second-order valence-electron chi connectivity index (χ2n) is 3.59. The van der Waals surface area contributed by atoms with E-state index in [-0.39, 0.29) is 12.0 Å².